The number of urea groups is 1. The fraction of sp³-hybridized carbons (Fsp3) is 0.440. The predicted octanol–water partition coefficient (Wildman–Crippen LogP) is 3.83. The summed E-state index contributed by atoms with van der Waals surface area (Å²) >= 11 is 0. The number of carbonyl (C=O) groups excluding carboxylic acids is 2. The zero-order valence-electron chi connectivity index (χ0n) is 20.9. The van der Waals surface area contributed by atoms with Gasteiger partial charge in [0.05, 0.1) is 11.4 Å². The summed E-state index contributed by atoms with van der Waals surface area (Å²) in [6, 6.07) is 2.80. The summed E-state index contributed by atoms with van der Waals surface area (Å²) in [4.78, 5) is 39.7. The Bertz CT molecular complexity index is 1330. The molecule has 0 bridgehead atoms. The Morgan fingerprint density at radius 2 is 1.86 bits per heavy atom. The molecule has 5 rings (SSSR count). The molecular weight excluding hydrogens is 465 g/mol. The van der Waals surface area contributed by atoms with Crippen LogP contribution in [0.3, 0.4) is 0 Å². The van der Waals surface area contributed by atoms with Gasteiger partial charge in [-0.1, -0.05) is 0 Å². The van der Waals surface area contributed by atoms with Gasteiger partial charge in [0.25, 0.3) is 0 Å². The van der Waals surface area contributed by atoms with Gasteiger partial charge < -0.3 is 24.3 Å². The van der Waals surface area contributed by atoms with E-state index >= 15 is 0 Å². The van der Waals surface area contributed by atoms with Crippen LogP contribution in [0, 0.1) is 12.7 Å². The first-order chi connectivity index (χ1) is 17.1. The third-order valence-corrected chi connectivity index (χ3v) is 6.27. The highest BCUT2D eigenvalue weighted by Crippen LogP contribution is 2.34. The number of fused-ring (bicyclic) bond motifs is 2. The van der Waals surface area contributed by atoms with E-state index in [4.69, 9.17) is 4.74 Å². The van der Waals surface area contributed by atoms with Crippen LogP contribution in [0.2, 0.25) is 0 Å². The number of hydrogen-bond acceptors (Lipinski definition) is 6. The molecule has 2 aliphatic heterocycles. The van der Waals surface area contributed by atoms with Crippen LogP contribution in [-0.4, -0.2) is 69.7 Å². The Morgan fingerprint density at radius 1 is 1.11 bits per heavy atom. The number of aryl methyl sites for hydroxylation is 1. The van der Waals surface area contributed by atoms with Gasteiger partial charge in [0.1, 0.15) is 17.1 Å². The highest BCUT2D eigenvalue weighted by Gasteiger charge is 2.32. The van der Waals surface area contributed by atoms with Crippen LogP contribution in [0.25, 0.3) is 5.65 Å². The van der Waals surface area contributed by atoms with Crippen LogP contribution in [0.4, 0.5) is 31.2 Å². The van der Waals surface area contributed by atoms with Crippen molar-refractivity contribution in [3.63, 3.8) is 0 Å². The van der Waals surface area contributed by atoms with Crippen molar-refractivity contribution in [3.05, 3.63) is 47.8 Å². The van der Waals surface area contributed by atoms with E-state index in [1.165, 1.54) is 12.3 Å². The lowest BCUT2D eigenvalue weighted by molar-refractivity contribution is 0.0240. The molecule has 0 spiro atoms. The van der Waals surface area contributed by atoms with Crippen molar-refractivity contribution in [3.8, 4) is 0 Å². The predicted molar refractivity (Wildman–Crippen MR) is 134 cm³/mol. The van der Waals surface area contributed by atoms with E-state index in [9.17, 15) is 14.0 Å². The van der Waals surface area contributed by atoms with E-state index in [0.29, 0.717) is 50.6 Å². The summed E-state index contributed by atoms with van der Waals surface area (Å²) < 4.78 is 21.8. The molecule has 0 atom stereocenters. The summed E-state index contributed by atoms with van der Waals surface area (Å²) in [5.74, 6) is 0.0185. The fourth-order valence-electron chi connectivity index (χ4n) is 4.64. The first-order valence-corrected chi connectivity index (χ1v) is 12.0. The average molecular weight is 496 g/mol. The zero-order valence-corrected chi connectivity index (χ0v) is 20.9. The molecule has 0 aromatic carbocycles. The number of ether oxygens (including phenoxy) is 1. The molecule has 5 heterocycles. The van der Waals surface area contributed by atoms with Crippen molar-refractivity contribution in [2.45, 2.75) is 39.7 Å². The van der Waals surface area contributed by atoms with Crippen molar-refractivity contribution >= 4 is 35.0 Å². The van der Waals surface area contributed by atoms with Gasteiger partial charge in [-0.25, -0.2) is 23.9 Å². The Morgan fingerprint density at radius 3 is 2.58 bits per heavy atom. The van der Waals surface area contributed by atoms with Gasteiger partial charge in [-0.05, 0) is 40.2 Å². The summed E-state index contributed by atoms with van der Waals surface area (Å²) in [7, 11) is 0. The van der Waals surface area contributed by atoms with E-state index in [1.807, 2.05) is 33.8 Å². The number of aromatic nitrogens is 3. The maximum Gasteiger partial charge on any atom is 0.410 e. The molecule has 0 saturated carbocycles. The number of nitrogens with zero attached hydrogens (tertiary/aromatic N) is 6. The number of amides is 3. The smallest absolute Gasteiger partial charge is 0.410 e. The number of piperazine rings is 1. The van der Waals surface area contributed by atoms with E-state index in [-0.39, 0.29) is 11.8 Å². The molecular formula is C25H30FN7O3. The number of hydrogen-bond donors (Lipinski definition) is 1. The molecule has 10 nitrogen and oxygen atoms in total. The quantitative estimate of drug-likeness (QED) is 0.581. The Labute approximate surface area is 208 Å². The largest absolute Gasteiger partial charge is 0.444 e. The van der Waals surface area contributed by atoms with E-state index in [1.54, 1.807) is 26.6 Å². The van der Waals surface area contributed by atoms with Crippen molar-refractivity contribution < 1.29 is 18.7 Å². The summed E-state index contributed by atoms with van der Waals surface area (Å²) in [6.07, 6.45) is 5.31. The van der Waals surface area contributed by atoms with Crippen molar-refractivity contribution in [1.82, 2.24) is 19.3 Å². The molecule has 11 heteroatoms. The van der Waals surface area contributed by atoms with Crippen LogP contribution in [0.15, 0.2) is 30.7 Å². The minimum Gasteiger partial charge on any atom is -0.444 e. The van der Waals surface area contributed by atoms with Gasteiger partial charge >= 0.3 is 12.1 Å². The molecule has 0 radical (unpaired) electrons. The number of anilines is 3. The first-order valence-electron chi connectivity index (χ1n) is 12.0. The van der Waals surface area contributed by atoms with Gasteiger partial charge in [0.2, 0.25) is 0 Å². The van der Waals surface area contributed by atoms with E-state index in [0.717, 1.165) is 16.9 Å². The highest BCUT2D eigenvalue weighted by molar-refractivity contribution is 6.03. The lowest BCUT2D eigenvalue weighted by atomic mass is 10.1. The monoisotopic (exact) mass is 495 g/mol. The topological polar surface area (TPSA) is 95.3 Å². The Hall–Kier alpha value is -3.89. The maximum atomic E-state index is 14.6. The minimum atomic E-state index is -0.551. The second kappa shape index (κ2) is 8.96. The van der Waals surface area contributed by atoms with Gasteiger partial charge in [-0.2, -0.15) is 0 Å². The number of carbonyl (C=O) groups is 2. The Balaban J connectivity index is 1.29. The normalized spacial score (nSPS) is 15.9. The lowest BCUT2D eigenvalue weighted by Gasteiger charge is -2.37. The molecule has 1 fully saturated rings. The Kier molecular flexibility index (Phi) is 5.93. The van der Waals surface area contributed by atoms with Crippen LogP contribution in [0.1, 0.15) is 32.0 Å². The van der Waals surface area contributed by atoms with E-state index < -0.39 is 17.4 Å². The number of nitrogens with one attached hydrogen (secondary N) is 1. The summed E-state index contributed by atoms with van der Waals surface area (Å²) in [6.45, 7) is 10.2. The maximum absolute atomic E-state index is 14.6. The van der Waals surface area contributed by atoms with Crippen LogP contribution >= 0.6 is 0 Å². The third kappa shape index (κ3) is 4.65. The molecule has 36 heavy (non-hydrogen) atoms. The molecule has 190 valence electrons. The van der Waals surface area contributed by atoms with Crippen LogP contribution < -0.4 is 15.1 Å². The second-order valence-electron chi connectivity index (χ2n) is 10.1. The van der Waals surface area contributed by atoms with Crippen molar-refractivity contribution in [2.75, 3.05) is 47.8 Å². The minimum absolute atomic E-state index is 0.0766. The van der Waals surface area contributed by atoms with E-state index in [2.05, 4.69) is 20.2 Å². The summed E-state index contributed by atoms with van der Waals surface area (Å²) in [5, 5.41) is 2.68. The number of pyridine rings is 2. The van der Waals surface area contributed by atoms with Gasteiger partial charge in [-0.3, -0.25) is 4.90 Å². The second-order valence-corrected chi connectivity index (χ2v) is 10.1. The standard InChI is InChI=1S/C25H30FN7O3/c1-16-14-32-15-19(18(26)13-21(32)28-16)29-23(34)33-8-6-17-20(5-7-27-22(17)33)30-9-11-31(12-10-30)24(35)36-25(2,3)4/h5,7,13-15H,6,8-12H2,1-4H3,(H,29,34). The molecule has 3 aromatic heterocycles. The fourth-order valence-corrected chi connectivity index (χ4v) is 4.64. The molecule has 1 N–H and O–H groups in total. The van der Waals surface area contributed by atoms with Gasteiger partial charge in [0.15, 0.2) is 5.82 Å². The van der Waals surface area contributed by atoms with Gasteiger partial charge in [0, 0.05) is 68.6 Å². The van der Waals surface area contributed by atoms with Crippen molar-refractivity contribution in [2.24, 2.45) is 0 Å². The molecule has 1 saturated heterocycles. The highest BCUT2D eigenvalue weighted by atomic mass is 19.1. The zero-order chi connectivity index (χ0) is 25.6. The van der Waals surface area contributed by atoms with Crippen LogP contribution in [-0.2, 0) is 11.2 Å². The lowest BCUT2D eigenvalue weighted by Crippen LogP contribution is -2.50. The first kappa shape index (κ1) is 23.8. The van der Waals surface area contributed by atoms with Crippen LogP contribution in [0.5, 0.6) is 0 Å². The van der Waals surface area contributed by atoms with Crippen molar-refractivity contribution in [1.29, 1.82) is 0 Å². The SMILES string of the molecule is Cc1cn2cc(NC(=O)N3CCc4c(N5CCN(C(=O)OC(C)(C)C)CC5)ccnc43)c(F)cc2n1. The molecule has 3 amide bonds. The summed E-state index contributed by atoms with van der Waals surface area (Å²) in [5.41, 5.74) is 2.76. The molecule has 0 aliphatic carbocycles. The molecule has 2 aliphatic rings. The number of halogens is 1. The average Bonchev–Trinajstić information content (AvgIpc) is 3.40. The third-order valence-electron chi connectivity index (χ3n) is 6.27. The molecule has 0 unspecified atom stereocenters. The van der Waals surface area contributed by atoms with Gasteiger partial charge in [-0.15, -0.1) is 0 Å². The number of imidazole rings is 1. The molecule has 3 aromatic rings. The number of rotatable bonds is 2.